The molecule has 1 fully saturated rings. The van der Waals surface area contributed by atoms with Crippen LogP contribution in [0.4, 0.5) is 0 Å². The largest absolute Gasteiger partial charge is 0.504 e. The number of nitrogens with zero attached hydrogens (tertiary/aromatic N) is 5. The number of hydrogen-bond acceptors (Lipinski definition) is 7. The fourth-order valence-electron chi connectivity index (χ4n) is 3.25. The highest BCUT2D eigenvalue weighted by Crippen LogP contribution is 2.26. The summed E-state index contributed by atoms with van der Waals surface area (Å²) in [5, 5.41) is 22.8. The minimum atomic E-state index is -0.214. The highest BCUT2D eigenvalue weighted by molar-refractivity contribution is 7.98. The number of piperidine rings is 1. The molecule has 3 aromatic heterocycles. The summed E-state index contributed by atoms with van der Waals surface area (Å²) in [4.78, 5) is 16.6. The van der Waals surface area contributed by atoms with Crippen molar-refractivity contribution >= 4 is 17.4 Å². The third-order valence-corrected chi connectivity index (χ3v) is 5.66. The van der Waals surface area contributed by atoms with E-state index in [1.54, 1.807) is 12.3 Å². The van der Waals surface area contributed by atoms with E-state index in [4.69, 9.17) is 0 Å². The first-order chi connectivity index (χ1) is 12.6. The van der Waals surface area contributed by atoms with Crippen LogP contribution in [-0.2, 0) is 12.8 Å². The molecule has 0 spiro atoms. The predicted molar refractivity (Wildman–Crippen MR) is 98.5 cm³/mol. The highest BCUT2D eigenvalue weighted by Gasteiger charge is 2.21. The van der Waals surface area contributed by atoms with E-state index in [2.05, 4.69) is 20.5 Å². The molecule has 1 atom stereocenters. The quantitative estimate of drug-likeness (QED) is 0.666. The summed E-state index contributed by atoms with van der Waals surface area (Å²) < 4.78 is 3.35. The average Bonchev–Trinajstić information content (AvgIpc) is 3.02. The third kappa shape index (κ3) is 3.19. The Morgan fingerprint density at radius 1 is 1.42 bits per heavy atom. The van der Waals surface area contributed by atoms with Crippen molar-refractivity contribution in [3.8, 4) is 5.75 Å². The van der Waals surface area contributed by atoms with Gasteiger partial charge in [-0.05, 0) is 31.5 Å². The highest BCUT2D eigenvalue weighted by atomic mass is 32.2. The molecule has 0 amide bonds. The molecule has 26 heavy (non-hydrogen) atoms. The number of thioether (sulfide) groups is 1. The van der Waals surface area contributed by atoms with Gasteiger partial charge in [0.2, 0.25) is 0 Å². The number of aromatic nitrogens is 5. The predicted octanol–water partition coefficient (Wildman–Crippen LogP) is 1.29. The summed E-state index contributed by atoms with van der Waals surface area (Å²) >= 11 is 1.48. The van der Waals surface area contributed by atoms with Gasteiger partial charge in [0.25, 0.3) is 5.56 Å². The van der Waals surface area contributed by atoms with Crippen molar-refractivity contribution < 1.29 is 5.11 Å². The molecule has 8 nitrogen and oxygen atoms in total. The van der Waals surface area contributed by atoms with Crippen molar-refractivity contribution in [2.45, 2.75) is 29.7 Å². The Labute approximate surface area is 154 Å². The van der Waals surface area contributed by atoms with Crippen LogP contribution in [0.25, 0.3) is 5.65 Å². The van der Waals surface area contributed by atoms with Gasteiger partial charge in [-0.3, -0.25) is 9.20 Å². The van der Waals surface area contributed by atoms with Crippen molar-refractivity contribution in [1.29, 1.82) is 0 Å². The molecular formula is C17H20N6O2S. The molecule has 0 aromatic carbocycles. The molecule has 1 saturated heterocycles. The lowest BCUT2D eigenvalue weighted by molar-refractivity contribution is 0.436. The van der Waals surface area contributed by atoms with Crippen molar-refractivity contribution in [3.63, 3.8) is 0 Å². The fourth-order valence-corrected chi connectivity index (χ4v) is 4.06. The van der Waals surface area contributed by atoms with Crippen molar-refractivity contribution in [1.82, 2.24) is 29.5 Å². The zero-order chi connectivity index (χ0) is 18.1. The molecule has 3 aromatic rings. The van der Waals surface area contributed by atoms with Gasteiger partial charge in [0.05, 0.1) is 5.69 Å². The molecule has 4 heterocycles. The Bertz CT molecular complexity index is 993. The van der Waals surface area contributed by atoms with Crippen LogP contribution in [0.15, 0.2) is 34.3 Å². The number of pyridine rings is 1. The second kappa shape index (κ2) is 7.08. The van der Waals surface area contributed by atoms with Crippen LogP contribution in [0, 0.1) is 0 Å². The Hall–Kier alpha value is -2.39. The first-order valence-corrected chi connectivity index (χ1v) is 9.55. The van der Waals surface area contributed by atoms with Crippen LogP contribution in [0.5, 0.6) is 5.75 Å². The van der Waals surface area contributed by atoms with Crippen LogP contribution >= 0.6 is 11.8 Å². The number of nitrogens with one attached hydrogen (secondary N) is 1. The summed E-state index contributed by atoms with van der Waals surface area (Å²) in [6, 6.07) is 4.62. The van der Waals surface area contributed by atoms with Crippen molar-refractivity contribution in [3.05, 3.63) is 46.3 Å². The zero-order valence-corrected chi connectivity index (χ0v) is 15.2. The lowest BCUT2D eigenvalue weighted by atomic mass is 9.99. The van der Waals surface area contributed by atoms with E-state index in [-0.39, 0.29) is 17.0 Å². The molecule has 1 aliphatic rings. The van der Waals surface area contributed by atoms with Crippen molar-refractivity contribution in [2.24, 2.45) is 7.05 Å². The first-order valence-electron chi connectivity index (χ1n) is 8.56. The summed E-state index contributed by atoms with van der Waals surface area (Å²) in [7, 11) is 1.97. The molecule has 0 aliphatic carbocycles. The van der Waals surface area contributed by atoms with Gasteiger partial charge < -0.3 is 15.0 Å². The molecular weight excluding hydrogens is 352 g/mol. The Balaban J connectivity index is 1.54. The van der Waals surface area contributed by atoms with Crippen LogP contribution in [0.2, 0.25) is 0 Å². The van der Waals surface area contributed by atoms with E-state index in [9.17, 15) is 9.90 Å². The summed E-state index contributed by atoms with van der Waals surface area (Å²) in [5.74, 6) is 1.84. The molecule has 1 aliphatic heterocycles. The number of fused-ring (bicyclic) bond motifs is 1. The maximum Gasteiger partial charge on any atom is 0.258 e. The topological polar surface area (TPSA) is 97.3 Å². The molecule has 136 valence electrons. The Kier molecular flexibility index (Phi) is 4.64. The molecule has 9 heteroatoms. The lowest BCUT2D eigenvalue weighted by Crippen LogP contribution is -2.29. The van der Waals surface area contributed by atoms with Gasteiger partial charge in [-0.25, -0.2) is 4.98 Å². The van der Waals surface area contributed by atoms with Gasteiger partial charge in [0, 0.05) is 37.5 Å². The van der Waals surface area contributed by atoms with Crippen LogP contribution in [0.1, 0.15) is 30.3 Å². The van der Waals surface area contributed by atoms with Gasteiger partial charge >= 0.3 is 0 Å². The van der Waals surface area contributed by atoms with E-state index in [0.29, 0.717) is 17.4 Å². The van der Waals surface area contributed by atoms with E-state index < -0.39 is 0 Å². The van der Waals surface area contributed by atoms with Gasteiger partial charge in [-0.1, -0.05) is 11.8 Å². The first kappa shape index (κ1) is 17.0. The maximum atomic E-state index is 12.2. The molecule has 2 N–H and O–H groups in total. The van der Waals surface area contributed by atoms with E-state index in [0.717, 1.165) is 36.9 Å². The SMILES string of the molecule is Cn1c(SCc2cc(=O)n3cccc(O)c3n2)nnc1C1CCCNC1. The smallest absolute Gasteiger partial charge is 0.258 e. The summed E-state index contributed by atoms with van der Waals surface area (Å²) in [6.07, 6.45) is 3.86. The summed E-state index contributed by atoms with van der Waals surface area (Å²) in [6.45, 7) is 1.99. The Morgan fingerprint density at radius 3 is 3.12 bits per heavy atom. The maximum absolute atomic E-state index is 12.2. The van der Waals surface area contributed by atoms with Crippen LogP contribution in [-0.4, -0.2) is 42.3 Å². The van der Waals surface area contributed by atoms with E-state index in [1.807, 2.05) is 11.6 Å². The molecule has 1 unspecified atom stereocenters. The zero-order valence-electron chi connectivity index (χ0n) is 14.4. The fraction of sp³-hybridized carbons (Fsp3) is 0.412. The van der Waals surface area contributed by atoms with Crippen molar-refractivity contribution in [2.75, 3.05) is 13.1 Å². The number of rotatable bonds is 4. The van der Waals surface area contributed by atoms with Gasteiger partial charge in [0.15, 0.2) is 16.6 Å². The lowest BCUT2D eigenvalue weighted by Gasteiger charge is -2.21. The van der Waals surface area contributed by atoms with Gasteiger partial charge in [-0.2, -0.15) is 0 Å². The second-order valence-electron chi connectivity index (χ2n) is 6.40. The summed E-state index contributed by atoms with van der Waals surface area (Å²) in [5.41, 5.74) is 0.654. The monoisotopic (exact) mass is 372 g/mol. The average molecular weight is 372 g/mol. The van der Waals surface area contributed by atoms with E-state index >= 15 is 0 Å². The van der Waals surface area contributed by atoms with Gasteiger partial charge in [0.1, 0.15) is 5.82 Å². The molecule has 0 radical (unpaired) electrons. The minimum absolute atomic E-state index is 0.0119. The van der Waals surface area contributed by atoms with Crippen LogP contribution < -0.4 is 10.9 Å². The second-order valence-corrected chi connectivity index (χ2v) is 7.35. The normalized spacial score (nSPS) is 17.7. The van der Waals surface area contributed by atoms with E-state index in [1.165, 1.54) is 28.3 Å². The van der Waals surface area contributed by atoms with Crippen LogP contribution in [0.3, 0.4) is 0 Å². The number of aromatic hydroxyl groups is 1. The molecule has 4 rings (SSSR count). The standard InChI is InChI=1S/C17H20N6O2S/c1-22-15(11-4-2-6-18-9-11)20-21-17(22)26-10-12-8-14(25)23-7-3-5-13(24)16(23)19-12/h3,5,7-8,11,18,24H,2,4,6,9-10H2,1H3. The minimum Gasteiger partial charge on any atom is -0.504 e. The molecule has 0 saturated carbocycles. The number of hydrogen-bond donors (Lipinski definition) is 2. The van der Waals surface area contributed by atoms with Gasteiger partial charge in [-0.15, -0.1) is 10.2 Å². The molecule has 0 bridgehead atoms. The third-order valence-electron chi connectivity index (χ3n) is 4.60. The Morgan fingerprint density at radius 2 is 2.31 bits per heavy atom.